The second kappa shape index (κ2) is 6.55. The summed E-state index contributed by atoms with van der Waals surface area (Å²) in [6.07, 6.45) is 0. The Hall–Kier alpha value is -0.410. The van der Waals surface area contributed by atoms with Gasteiger partial charge in [0.2, 0.25) is 0 Å². The third-order valence-corrected chi connectivity index (χ3v) is 8.05. The maximum absolute atomic E-state index is 6.75. The molecule has 2 aliphatic heterocycles. The van der Waals surface area contributed by atoms with Gasteiger partial charge in [-0.05, 0) is 55.4 Å². The van der Waals surface area contributed by atoms with E-state index in [-0.39, 0.29) is 0 Å². The molecule has 11 heteroatoms. The van der Waals surface area contributed by atoms with E-state index in [1.807, 2.05) is 55.4 Å². The molecule has 1 aromatic heterocycles. The van der Waals surface area contributed by atoms with E-state index >= 15 is 0 Å². The first-order valence-electron chi connectivity index (χ1n) is 9.53. The molecule has 3 heterocycles. The van der Waals surface area contributed by atoms with Crippen LogP contribution in [0.2, 0.25) is 10.0 Å². The molecule has 0 unspecified atom stereocenters. The van der Waals surface area contributed by atoms with Crippen molar-refractivity contribution >= 4 is 71.1 Å². The Bertz CT molecular complexity index is 888. The Labute approximate surface area is 186 Å². The Morgan fingerprint density at radius 1 is 0.621 bits per heavy atom. The second-order valence-electron chi connectivity index (χ2n) is 9.59. The fraction of sp³-hybridized carbons (Fsp3) is 0.667. The number of benzene rings is 1. The van der Waals surface area contributed by atoms with Crippen LogP contribution < -0.4 is 10.9 Å². The van der Waals surface area contributed by atoms with Crippen molar-refractivity contribution in [1.82, 2.24) is 8.75 Å². The van der Waals surface area contributed by atoms with E-state index in [0.717, 1.165) is 11.7 Å². The van der Waals surface area contributed by atoms with E-state index in [1.54, 1.807) is 0 Å². The molecule has 0 radical (unpaired) electrons. The summed E-state index contributed by atoms with van der Waals surface area (Å²) in [5.74, 6) is 0. The number of fused-ring (bicyclic) bond motifs is 1. The van der Waals surface area contributed by atoms with Crippen molar-refractivity contribution in [1.29, 1.82) is 0 Å². The smallest absolute Gasteiger partial charge is 0.399 e. The molecule has 0 N–H and O–H groups in total. The molecule has 4 rings (SSSR count). The van der Waals surface area contributed by atoms with Crippen LogP contribution in [-0.4, -0.2) is 45.4 Å². The molecule has 2 saturated heterocycles. The first-order chi connectivity index (χ1) is 13.2. The summed E-state index contributed by atoms with van der Waals surface area (Å²) in [6.45, 7) is 15.9. The van der Waals surface area contributed by atoms with Crippen molar-refractivity contribution in [2.75, 3.05) is 0 Å². The number of hydrogen-bond donors (Lipinski definition) is 0. The third-order valence-electron chi connectivity index (χ3n) is 6.64. The molecule has 0 saturated carbocycles. The van der Waals surface area contributed by atoms with Crippen molar-refractivity contribution in [3.63, 3.8) is 0 Å². The van der Waals surface area contributed by atoms with Crippen LogP contribution >= 0.6 is 34.9 Å². The molecule has 0 aliphatic carbocycles. The normalized spacial score (nSPS) is 24.6. The van der Waals surface area contributed by atoms with E-state index in [2.05, 4.69) is 8.75 Å². The maximum atomic E-state index is 6.75. The lowest BCUT2D eigenvalue weighted by Crippen LogP contribution is -2.41. The lowest BCUT2D eigenvalue weighted by molar-refractivity contribution is 0.00578. The molecular formula is C18H24B2Cl2N2O4S. The molecule has 0 spiro atoms. The van der Waals surface area contributed by atoms with Gasteiger partial charge in [-0.2, -0.15) is 8.75 Å². The number of hydrogen-bond acceptors (Lipinski definition) is 7. The Kier molecular flexibility index (Phi) is 4.92. The Morgan fingerprint density at radius 2 is 0.897 bits per heavy atom. The SMILES string of the molecule is CC1(C)OB(c2c(Cl)c(Cl)c(B3OC(C)(C)C(C)(C)O3)c3nsnc23)OC1(C)C. The number of rotatable bonds is 2. The maximum Gasteiger partial charge on any atom is 0.498 e. The lowest BCUT2D eigenvalue weighted by atomic mass is 9.72. The van der Waals surface area contributed by atoms with Gasteiger partial charge in [-0.15, -0.1) is 0 Å². The van der Waals surface area contributed by atoms with Gasteiger partial charge in [-0.3, -0.25) is 0 Å². The van der Waals surface area contributed by atoms with Crippen molar-refractivity contribution in [3.05, 3.63) is 10.0 Å². The average Bonchev–Trinajstić information content (AvgIpc) is 3.15. The predicted molar refractivity (Wildman–Crippen MR) is 119 cm³/mol. The highest BCUT2D eigenvalue weighted by Crippen LogP contribution is 2.40. The van der Waals surface area contributed by atoms with Crippen LogP contribution in [0.15, 0.2) is 0 Å². The molecule has 2 fully saturated rings. The molecule has 156 valence electrons. The van der Waals surface area contributed by atoms with E-state index in [9.17, 15) is 0 Å². The van der Waals surface area contributed by atoms with Crippen LogP contribution in [0.4, 0.5) is 0 Å². The number of nitrogens with zero attached hydrogens (tertiary/aromatic N) is 2. The zero-order valence-corrected chi connectivity index (χ0v) is 20.2. The summed E-state index contributed by atoms with van der Waals surface area (Å²) < 4.78 is 33.8. The van der Waals surface area contributed by atoms with Crippen molar-refractivity contribution in [2.24, 2.45) is 0 Å². The quantitative estimate of drug-likeness (QED) is 0.643. The number of halogens is 2. The number of aromatic nitrogens is 2. The van der Waals surface area contributed by atoms with Gasteiger partial charge in [-0.25, -0.2) is 0 Å². The lowest BCUT2D eigenvalue weighted by Gasteiger charge is -2.32. The van der Waals surface area contributed by atoms with Gasteiger partial charge in [0.25, 0.3) is 0 Å². The molecule has 6 nitrogen and oxygen atoms in total. The largest absolute Gasteiger partial charge is 0.498 e. The zero-order chi connectivity index (χ0) is 21.6. The minimum Gasteiger partial charge on any atom is -0.399 e. The fourth-order valence-corrected chi connectivity index (χ4v) is 4.47. The van der Waals surface area contributed by atoms with Crippen LogP contribution in [0.1, 0.15) is 55.4 Å². The summed E-state index contributed by atoms with van der Waals surface area (Å²) in [6, 6.07) is 0. The van der Waals surface area contributed by atoms with Gasteiger partial charge >= 0.3 is 14.2 Å². The molecule has 29 heavy (non-hydrogen) atoms. The summed E-state index contributed by atoms with van der Waals surface area (Å²) in [5.41, 5.74) is 0.265. The average molecular weight is 457 g/mol. The minimum atomic E-state index is -0.705. The molecule has 2 aliphatic rings. The zero-order valence-electron chi connectivity index (χ0n) is 17.8. The first kappa shape index (κ1) is 21.8. The molecule has 0 atom stereocenters. The predicted octanol–water partition coefficient (Wildman–Crippen LogP) is 3.60. The summed E-state index contributed by atoms with van der Waals surface area (Å²) in [5, 5.41) is 0.630. The highest BCUT2D eigenvalue weighted by molar-refractivity contribution is 7.00. The van der Waals surface area contributed by atoms with Gasteiger partial charge in [0.1, 0.15) is 11.0 Å². The van der Waals surface area contributed by atoms with Crippen molar-refractivity contribution in [2.45, 2.75) is 77.8 Å². The van der Waals surface area contributed by atoms with E-state index < -0.39 is 36.6 Å². The van der Waals surface area contributed by atoms with Crippen LogP contribution in [0.25, 0.3) is 11.0 Å². The van der Waals surface area contributed by atoms with Gasteiger partial charge in [0.15, 0.2) is 0 Å². The summed E-state index contributed by atoms with van der Waals surface area (Å²) in [7, 11) is -1.41. The van der Waals surface area contributed by atoms with Crippen molar-refractivity contribution < 1.29 is 18.6 Å². The van der Waals surface area contributed by atoms with Gasteiger partial charge < -0.3 is 18.6 Å². The first-order valence-corrected chi connectivity index (χ1v) is 11.0. The van der Waals surface area contributed by atoms with Gasteiger partial charge in [-0.1, -0.05) is 23.2 Å². The van der Waals surface area contributed by atoms with Crippen LogP contribution in [-0.2, 0) is 18.6 Å². The van der Waals surface area contributed by atoms with Crippen LogP contribution in [0.3, 0.4) is 0 Å². The second-order valence-corrected chi connectivity index (χ2v) is 10.9. The highest BCUT2D eigenvalue weighted by Gasteiger charge is 2.56. The molecule has 0 amide bonds. The van der Waals surface area contributed by atoms with E-state index in [4.69, 9.17) is 41.8 Å². The van der Waals surface area contributed by atoms with E-state index in [0.29, 0.717) is 32.0 Å². The van der Waals surface area contributed by atoms with Crippen LogP contribution in [0, 0.1) is 0 Å². The third kappa shape index (κ3) is 3.16. The Morgan fingerprint density at radius 3 is 1.17 bits per heavy atom. The van der Waals surface area contributed by atoms with Crippen molar-refractivity contribution in [3.8, 4) is 0 Å². The van der Waals surface area contributed by atoms with Gasteiger partial charge in [0, 0.05) is 10.9 Å². The molecular weight excluding hydrogens is 433 g/mol. The standard InChI is InChI=1S/C18H24B2Cl2N2O4S/c1-15(2)16(3,4)26-19(25-15)9-11(21)12(22)10(14-13(9)23-29-24-14)20-27-17(5,6)18(7,8)28-20/h1-8H3. The topological polar surface area (TPSA) is 62.7 Å². The van der Waals surface area contributed by atoms with Crippen LogP contribution in [0.5, 0.6) is 0 Å². The fourth-order valence-electron chi connectivity index (χ4n) is 3.34. The minimum absolute atomic E-state index is 0.315. The molecule has 0 bridgehead atoms. The summed E-state index contributed by atoms with van der Waals surface area (Å²) >= 11 is 14.6. The Balaban J connectivity index is 1.86. The van der Waals surface area contributed by atoms with E-state index in [1.165, 1.54) is 0 Å². The monoisotopic (exact) mass is 456 g/mol. The highest BCUT2D eigenvalue weighted by atomic mass is 35.5. The summed E-state index contributed by atoms with van der Waals surface area (Å²) in [4.78, 5) is 0. The van der Waals surface area contributed by atoms with Gasteiger partial charge in [0.05, 0.1) is 44.2 Å². The molecule has 1 aromatic carbocycles. The molecule has 2 aromatic rings.